The van der Waals surface area contributed by atoms with Gasteiger partial charge in [-0.05, 0) is 55.2 Å². The second kappa shape index (κ2) is 6.53. The summed E-state index contributed by atoms with van der Waals surface area (Å²) in [6, 6.07) is 8.10. The van der Waals surface area contributed by atoms with Crippen LogP contribution >= 0.6 is 0 Å². The summed E-state index contributed by atoms with van der Waals surface area (Å²) in [6.45, 7) is 5.28. The maximum absolute atomic E-state index is 12.7. The van der Waals surface area contributed by atoms with Crippen molar-refractivity contribution in [2.24, 2.45) is 16.7 Å². The van der Waals surface area contributed by atoms with Crippen LogP contribution in [0.1, 0.15) is 57.9 Å². The highest BCUT2D eigenvalue weighted by molar-refractivity contribution is 5.87. The van der Waals surface area contributed by atoms with Gasteiger partial charge in [0.1, 0.15) is 11.5 Å². The SMILES string of the molecule is COc1ccc(CO[C@H]2CCC=C3[C@@H]4C(=O)CC[C@]4(C)CC[C@]32C)cc1. The average Bonchev–Trinajstić information content (AvgIpc) is 2.96. The Morgan fingerprint density at radius 3 is 2.62 bits per heavy atom. The highest BCUT2D eigenvalue weighted by Crippen LogP contribution is 2.61. The molecule has 4 atom stereocenters. The number of hydrogen-bond donors (Lipinski definition) is 0. The van der Waals surface area contributed by atoms with Gasteiger partial charge < -0.3 is 9.47 Å². The average molecular weight is 354 g/mol. The van der Waals surface area contributed by atoms with E-state index < -0.39 is 0 Å². The van der Waals surface area contributed by atoms with Crippen LogP contribution < -0.4 is 4.74 Å². The van der Waals surface area contributed by atoms with E-state index in [9.17, 15) is 4.79 Å². The lowest BCUT2D eigenvalue weighted by Gasteiger charge is -2.52. The Hall–Kier alpha value is -1.61. The molecule has 2 saturated carbocycles. The number of benzene rings is 1. The van der Waals surface area contributed by atoms with E-state index in [2.05, 4.69) is 32.1 Å². The Kier molecular flexibility index (Phi) is 4.46. The highest BCUT2D eigenvalue weighted by atomic mass is 16.5. The smallest absolute Gasteiger partial charge is 0.140 e. The maximum atomic E-state index is 12.7. The summed E-state index contributed by atoms with van der Waals surface area (Å²) in [5.74, 6) is 1.46. The van der Waals surface area contributed by atoms with Gasteiger partial charge in [-0.1, -0.05) is 37.6 Å². The molecule has 0 bridgehead atoms. The van der Waals surface area contributed by atoms with Gasteiger partial charge in [-0.3, -0.25) is 4.79 Å². The van der Waals surface area contributed by atoms with Crippen LogP contribution in [0.15, 0.2) is 35.9 Å². The molecule has 2 fully saturated rings. The molecule has 0 heterocycles. The first kappa shape index (κ1) is 17.8. The summed E-state index contributed by atoms with van der Waals surface area (Å²) in [6.07, 6.45) is 8.73. The van der Waals surface area contributed by atoms with E-state index in [0.717, 1.165) is 44.3 Å². The first-order chi connectivity index (χ1) is 12.5. The lowest BCUT2D eigenvalue weighted by molar-refractivity contribution is -0.124. The zero-order valence-corrected chi connectivity index (χ0v) is 16.2. The van der Waals surface area contributed by atoms with Crippen molar-refractivity contribution in [3.05, 3.63) is 41.5 Å². The fourth-order valence-corrected chi connectivity index (χ4v) is 5.52. The van der Waals surface area contributed by atoms with Gasteiger partial charge in [-0.25, -0.2) is 0 Å². The van der Waals surface area contributed by atoms with Gasteiger partial charge in [0.05, 0.1) is 19.8 Å². The minimum absolute atomic E-state index is 0.00883. The van der Waals surface area contributed by atoms with Gasteiger partial charge in [-0.15, -0.1) is 0 Å². The number of carbonyl (C=O) groups is 1. The number of Topliss-reactive ketones (excluding diaryl/α,β-unsaturated/α-hetero) is 1. The van der Waals surface area contributed by atoms with Crippen molar-refractivity contribution in [1.82, 2.24) is 0 Å². The molecule has 140 valence electrons. The number of ether oxygens (including phenoxy) is 2. The second-order valence-corrected chi connectivity index (χ2v) is 8.86. The number of ketones is 1. The Morgan fingerprint density at radius 2 is 1.88 bits per heavy atom. The molecule has 3 heteroatoms. The molecule has 0 aromatic heterocycles. The molecule has 0 amide bonds. The normalized spacial score (nSPS) is 36.3. The minimum atomic E-state index is 0.00883. The second-order valence-electron chi connectivity index (χ2n) is 8.86. The van der Waals surface area contributed by atoms with E-state index in [1.807, 2.05) is 12.1 Å². The summed E-state index contributed by atoms with van der Waals surface area (Å²) in [5.41, 5.74) is 2.75. The third kappa shape index (κ3) is 2.81. The largest absolute Gasteiger partial charge is 0.497 e. The van der Waals surface area contributed by atoms with E-state index >= 15 is 0 Å². The first-order valence-electron chi connectivity index (χ1n) is 9.94. The van der Waals surface area contributed by atoms with Crippen LogP contribution in [0.5, 0.6) is 5.75 Å². The third-order valence-electron chi connectivity index (χ3n) is 7.26. The van der Waals surface area contributed by atoms with Gasteiger partial charge in [0.25, 0.3) is 0 Å². The molecule has 0 aliphatic heterocycles. The zero-order valence-electron chi connectivity index (χ0n) is 16.2. The Balaban J connectivity index is 1.52. The minimum Gasteiger partial charge on any atom is -0.497 e. The Morgan fingerprint density at radius 1 is 1.12 bits per heavy atom. The lowest BCUT2D eigenvalue weighted by Crippen LogP contribution is -2.48. The quantitative estimate of drug-likeness (QED) is 0.707. The van der Waals surface area contributed by atoms with Gasteiger partial charge in [-0.2, -0.15) is 0 Å². The number of allylic oxidation sites excluding steroid dienone is 1. The molecule has 3 aliphatic rings. The van der Waals surface area contributed by atoms with Gasteiger partial charge in [0.15, 0.2) is 0 Å². The number of rotatable bonds is 4. The van der Waals surface area contributed by atoms with E-state index in [-0.39, 0.29) is 22.9 Å². The van der Waals surface area contributed by atoms with Crippen LogP contribution in [-0.2, 0) is 16.1 Å². The predicted octanol–water partition coefficient (Wildman–Crippen LogP) is 5.09. The predicted molar refractivity (Wildman–Crippen MR) is 102 cm³/mol. The molecule has 4 rings (SSSR count). The van der Waals surface area contributed by atoms with Crippen LogP contribution in [0.3, 0.4) is 0 Å². The molecule has 0 N–H and O–H groups in total. The van der Waals surface area contributed by atoms with Crippen LogP contribution in [0.25, 0.3) is 0 Å². The summed E-state index contributed by atoms with van der Waals surface area (Å²) in [4.78, 5) is 12.7. The molecule has 0 unspecified atom stereocenters. The van der Waals surface area contributed by atoms with Gasteiger partial charge >= 0.3 is 0 Å². The molecule has 1 aromatic carbocycles. The molecule has 0 radical (unpaired) electrons. The lowest BCUT2D eigenvalue weighted by atomic mass is 9.54. The fourth-order valence-electron chi connectivity index (χ4n) is 5.52. The fraction of sp³-hybridized carbons (Fsp3) is 0.609. The Bertz CT molecular complexity index is 719. The number of carbonyl (C=O) groups excluding carboxylic acids is 1. The van der Waals surface area contributed by atoms with Crippen LogP contribution in [0, 0.1) is 16.7 Å². The van der Waals surface area contributed by atoms with E-state index in [1.165, 1.54) is 11.1 Å². The van der Waals surface area contributed by atoms with Crippen molar-refractivity contribution in [1.29, 1.82) is 0 Å². The number of methoxy groups -OCH3 is 1. The van der Waals surface area contributed by atoms with E-state index in [1.54, 1.807) is 7.11 Å². The van der Waals surface area contributed by atoms with Crippen molar-refractivity contribution in [2.45, 2.75) is 65.1 Å². The number of hydrogen-bond acceptors (Lipinski definition) is 3. The van der Waals surface area contributed by atoms with Gasteiger partial charge in [0, 0.05) is 17.8 Å². The summed E-state index contributed by atoms with van der Waals surface area (Å²) >= 11 is 0. The standard InChI is InChI=1S/C23H30O3/c1-22-12-11-19(24)21(22)18-5-4-6-20(23(18,2)14-13-22)26-15-16-7-9-17(25-3)10-8-16/h5,7-10,20-21H,4,6,11-15H2,1-3H3/t20-,21+,22+,23+/m0/s1. The summed E-state index contributed by atoms with van der Waals surface area (Å²) < 4.78 is 11.7. The molecule has 3 nitrogen and oxygen atoms in total. The molecule has 0 saturated heterocycles. The van der Waals surface area contributed by atoms with E-state index in [0.29, 0.717) is 12.4 Å². The first-order valence-corrected chi connectivity index (χ1v) is 9.94. The van der Waals surface area contributed by atoms with Crippen LogP contribution in [0.4, 0.5) is 0 Å². The van der Waals surface area contributed by atoms with E-state index in [4.69, 9.17) is 9.47 Å². The molecule has 0 spiro atoms. The molecule has 3 aliphatic carbocycles. The van der Waals surface area contributed by atoms with Crippen molar-refractivity contribution in [2.75, 3.05) is 7.11 Å². The molecule has 26 heavy (non-hydrogen) atoms. The summed E-state index contributed by atoms with van der Waals surface area (Å²) in [5, 5.41) is 0. The van der Waals surface area contributed by atoms with Crippen molar-refractivity contribution >= 4 is 5.78 Å². The van der Waals surface area contributed by atoms with Crippen molar-refractivity contribution < 1.29 is 14.3 Å². The monoisotopic (exact) mass is 354 g/mol. The zero-order chi connectivity index (χ0) is 18.4. The van der Waals surface area contributed by atoms with Crippen molar-refractivity contribution in [3.8, 4) is 5.75 Å². The topological polar surface area (TPSA) is 35.5 Å². The highest BCUT2D eigenvalue weighted by Gasteiger charge is 2.57. The van der Waals surface area contributed by atoms with Crippen LogP contribution in [0.2, 0.25) is 0 Å². The Labute approximate surface area is 156 Å². The summed E-state index contributed by atoms with van der Waals surface area (Å²) in [7, 11) is 1.68. The van der Waals surface area contributed by atoms with Crippen LogP contribution in [-0.4, -0.2) is 19.0 Å². The molecule has 1 aromatic rings. The third-order valence-corrected chi connectivity index (χ3v) is 7.26. The molecular weight excluding hydrogens is 324 g/mol. The van der Waals surface area contributed by atoms with Gasteiger partial charge in [0.2, 0.25) is 0 Å². The molecular formula is C23H30O3. The maximum Gasteiger partial charge on any atom is 0.140 e. The van der Waals surface area contributed by atoms with Crippen molar-refractivity contribution in [3.63, 3.8) is 0 Å². The number of fused-ring (bicyclic) bond motifs is 3.